The molecule has 0 spiro atoms. The van der Waals surface area contributed by atoms with Crippen LogP contribution in [0.25, 0.3) is 0 Å². The number of rotatable bonds is 63. The Hall–Kier alpha value is -1.47. The summed E-state index contributed by atoms with van der Waals surface area (Å²) in [5.41, 5.74) is 0. The number of aliphatic hydroxyl groups is 11. The van der Waals surface area contributed by atoms with E-state index in [1.54, 1.807) is 6.08 Å². The summed E-state index contributed by atoms with van der Waals surface area (Å²) in [7, 11) is 0. The maximum absolute atomic E-state index is 13.5. The van der Waals surface area contributed by atoms with Gasteiger partial charge >= 0.3 is 0 Å². The maximum Gasteiger partial charge on any atom is 0.220 e. The second kappa shape index (κ2) is 58.1. The molecular formula is C76H145NO18. The highest BCUT2D eigenvalue weighted by molar-refractivity contribution is 5.76. The van der Waals surface area contributed by atoms with Gasteiger partial charge in [0.05, 0.1) is 38.6 Å². The van der Waals surface area contributed by atoms with Crippen LogP contribution in [0.4, 0.5) is 0 Å². The van der Waals surface area contributed by atoms with Gasteiger partial charge in [-0.1, -0.05) is 321 Å². The van der Waals surface area contributed by atoms with Gasteiger partial charge in [-0.3, -0.25) is 4.79 Å². The average molecular weight is 1360 g/mol. The Balaban J connectivity index is 1.35. The minimum atomic E-state index is -1.98. The highest BCUT2D eigenvalue weighted by Gasteiger charge is 2.53. The Morgan fingerprint density at radius 2 is 0.653 bits per heavy atom. The zero-order valence-electron chi connectivity index (χ0n) is 59.9. The fraction of sp³-hybridized carbons (Fsp3) is 0.961. The van der Waals surface area contributed by atoms with Crippen LogP contribution in [-0.2, 0) is 33.2 Å². The lowest BCUT2D eigenvalue weighted by Gasteiger charge is -2.48. The number of carbonyl (C=O) groups excluding carboxylic acids is 1. The molecule has 17 unspecified atom stereocenters. The molecule has 95 heavy (non-hydrogen) atoms. The van der Waals surface area contributed by atoms with Crippen LogP contribution in [0.15, 0.2) is 12.2 Å². The molecular weight excluding hydrogens is 1210 g/mol. The topological polar surface area (TPSA) is 307 Å². The van der Waals surface area contributed by atoms with Gasteiger partial charge < -0.3 is 89.9 Å². The molecule has 0 aromatic carbocycles. The van der Waals surface area contributed by atoms with E-state index in [4.69, 9.17) is 28.4 Å². The van der Waals surface area contributed by atoms with E-state index < -0.39 is 124 Å². The third-order valence-corrected chi connectivity index (χ3v) is 20.1. The van der Waals surface area contributed by atoms with Gasteiger partial charge in [-0.05, 0) is 19.3 Å². The Morgan fingerprint density at radius 3 is 0.989 bits per heavy atom. The summed E-state index contributed by atoms with van der Waals surface area (Å²) in [5, 5.41) is 121. The highest BCUT2D eigenvalue weighted by atomic mass is 16.8. The lowest BCUT2D eigenvalue weighted by molar-refractivity contribution is -0.379. The molecule has 3 aliphatic heterocycles. The van der Waals surface area contributed by atoms with Crippen LogP contribution in [0.1, 0.15) is 335 Å². The molecule has 12 N–H and O–H groups in total. The first-order valence-corrected chi connectivity index (χ1v) is 39.4. The van der Waals surface area contributed by atoms with Crippen LogP contribution in [0.3, 0.4) is 0 Å². The molecule has 0 radical (unpaired) electrons. The Morgan fingerprint density at radius 1 is 0.368 bits per heavy atom. The largest absolute Gasteiger partial charge is 0.394 e. The van der Waals surface area contributed by atoms with Gasteiger partial charge in [0.25, 0.3) is 0 Å². The van der Waals surface area contributed by atoms with Crippen LogP contribution < -0.4 is 5.32 Å². The normalized spacial score (nSPS) is 27.2. The second-order valence-electron chi connectivity index (χ2n) is 28.5. The molecule has 19 nitrogen and oxygen atoms in total. The first-order chi connectivity index (χ1) is 46.3. The molecule has 0 aliphatic carbocycles. The summed E-state index contributed by atoms with van der Waals surface area (Å²) in [6, 6.07) is -0.969. The van der Waals surface area contributed by atoms with Crippen molar-refractivity contribution in [2.75, 3.05) is 26.4 Å². The lowest BCUT2D eigenvalue weighted by atomic mass is 9.96. The molecule has 3 rings (SSSR count). The minimum Gasteiger partial charge on any atom is -0.394 e. The fourth-order valence-corrected chi connectivity index (χ4v) is 13.7. The number of hydrogen-bond donors (Lipinski definition) is 12. The molecule has 562 valence electrons. The zero-order valence-corrected chi connectivity index (χ0v) is 59.9. The van der Waals surface area contributed by atoms with Gasteiger partial charge in [0.2, 0.25) is 5.91 Å². The van der Waals surface area contributed by atoms with Crippen molar-refractivity contribution in [2.45, 2.75) is 439 Å². The van der Waals surface area contributed by atoms with Crippen molar-refractivity contribution < 1.29 is 89.4 Å². The summed E-state index contributed by atoms with van der Waals surface area (Å²) in [6.07, 6.45) is 40.7. The SMILES string of the molecule is CCCCCCCCCCCCCCCCCC/C=C/C(O)C(COC1OC(CO)C(OC2OC(CO)C(OC3OC(CO)C(O)C(O)C3O)C(O)C2O)C(O)C1O)NC(=O)CCCCCCCCCCCCCCCCCCCCCCCCCCCCCCCCCC. The second-order valence-corrected chi connectivity index (χ2v) is 28.5. The Labute approximate surface area is 576 Å². The van der Waals surface area contributed by atoms with Gasteiger partial charge in [-0.25, -0.2) is 0 Å². The first kappa shape index (κ1) is 87.7. The first-order valence-electron chi connectivity index (χ1n) is 39.4. The van der Waals surface area contributed by atoms with Crippen LogP contribution >= 0.6 is 0 Å². The number of aliphatic hydroxyl groups excluding tert-OH is 11. The monoisotopic (exact) mass is 1360 g/mol. The molecule has 3 aliphatic rings. The highest BCUT2D eigenvalue weighted by Crippen LogP contribution is 2.33. The van der Waals surface area contributed by atoms with Crippen molar-refractivity contribution in [1.29, 1.82) is 0 Å². The van der Waals surface area contributed by atoms with Crippen molar-refractivity contribution in [3.05, 3.63) is 12.2 Å². The van der Waals surface area contributed by atoms with Gasteiger partial charge in [0.15, 0.2) is 18.9 Å². The van der Waals surface area contributed by atoms with Gasteiger partial charge in [-0.15, -0.1) is 0 Å². The lowest BCUT2D eigenvalue weighted by Crippen LogP contribution is -2.66. The van der Waals surface area contributed by atoms with E-state index in [9.17, 15) is 61.0 Å². The molecule has 0 aromatic heterocycles. The van der Waals surface area contributed by atoms with Gasteiger partial charge in [0, 0.05) is 6.42 Å². The molecule has 17 atom stereocenters. The van der Waals surface area contributed by atoms with Crippen molar-refractivity contribution in [3.8, 4) is 0 Å². The van der Waals surface area contributed by atoms with Crippen molar-refractivity contribution in [3.63, 3.8) is 0 Å². The minimum absolute atomic E-state index is 0.250. The smallest absolute Gasteiger partial charge is 0.220 e. The van der Waals surface area contributed by atoms with E-state index in [1.165, 1.54) is 263 Å². The summed E-state index contributed by atoms with van der Waals surface area (Å²) in [4.78, 5) is 13.5. The Bertz CT molecular complexity index is 1770. The zero-order chi connectivity index (χ0) is 68.9. The summed E-state index contributed by atoms with van der Waals surface area (Å²) in [6.45, 7) is 1.79. The molecule has 3 fully saturated rings. The Kier molecular flexibility index (Phi) is 53.6. The number of allylic oxidation sites excluding steroid dienone is 1. The van der Waals surface area contributed by atoms with Crippen molar-refractivity contribution in [1.82, 2.24) is 5.32 Å². The van der Waals surface area contributed by atoms with Gasteiger partial charge in [0.1, 0.15) is 73.2 Å². The standard InChI is InChI=1S/C76H145NO18/c1-3-5-7-9-11-13-15-17-19-21-23-24-25-26-27-28-29-30-31-32-33-34-35-36-38-40-42-44-46-48-50-52-54-64(82)77-59(60(81)53-51-49-47-45-43-41-39-37-22-20-18-16-14-12-10-8-6-4-2)58-90-74-70(88)67(85)72(62(56-79)92-74)95-76-71(89)68(86)73(63(57-80)93-76)94-75-69(87)66(84)65(83)61(55-78)91-75/h51,53,59-63,65-76,78-81,83-89H,3-50,52,54-58H2,1-2H3,(H,77,82)/b53-51+. The number of amides is 1. The van der Waals surface area contributed by atoms with Crippen LogP contribution in [-0.4, -0.2) is 193 Å². The molecule has 3 heterocycles. The van der Waals surface area contributed by atoms with Crippen molar-refractivity contribution >= 4 is 5.91 Å². The van der Waals surface area contributed by atoms with Crippen LogP contribution in [0.2, 0.25) is 0 Å². The summed E-state index contributed by atoms with van der Waals surface area (Å²) < 4.78 is 34.4. The van der Waals surface area contributed by atoms with E-state index in [2.05, 4.69) is 19.2 Å². The maximum atomic E-state index is 13.5. The third kappa shape index (κ3) is 39.0. The average Bonchev–Trinajstić information content (AvgIpc) is 0.787. The predicted octanol–water partition coefficient (Wildman–Crippen LogP) is 12.4. The van der Waals surface area contributed by atoms with Crippen LogP contribution in [0.5, 0.6) is 0 Å². The van der Waals surface area contributed by atoms with E-state index in [1.807, 2.05) is 6.08 Å². The molecule has 0 aromatic rings. The summed E-state index contributed by atoms with van der Waals surface area (Å²) >= 11 is 0. The van der Waals surface area contributed by atoms with Crippen LogP contribution in [0, 0.1) is 0 Å². The molecule has 0 bridgehead atoms. The van der Waals surface area contributed by atoms with E-state index in [0.29, 0.717) is 6.42 Å². The van der Waals surface area contributed by atoms with Gasteiger partial charge in [-0.2, -0.15) is 0 Å². The van der Waals surface area contributed by atoms with E-state index in [0.717, 1.165) is 44.9 Å². The quantitative estimate of drug-likeness (QED) is 0.0199. The predicted molar refractivity (Wildman–Crippen MR) is 374 cm³/mol. The van der Waals surface area contributed by atoms with Crippen molar-refractivity contribution in [2.24, 2.45) is 0 Å². The summed E-state index contributed by atoms with van der Waals surface area (Å²) in [5.74, 6) is -0.267. The van der Waals surface area contributed by atoms with E-state index in [-0.39, 0.29) is 18.9 Å². The van der Waals surface area contributed by atoms with E-state index >= 15 is 0 Å². The fourth-order valence-electron chi connectivity index (χ4n) is 13.7. The number of nitrogens with one attached hydrogen (secondary N) is 1. The number of ether oxygens (including phenoxy) is 6. The number of carbonyl (C=O) groups is 1. The molecule has 0 saturated carbocycles. The number of unbranched alkanes of at least 4 members (excludes halogenated alkanes) is 47. The third-order valence-electron chi connectivity index (χ3n) is 20.1. The molecule has 19 heteroatoms. The number of hydrogen-bond acceptors (Lipinski definition) is 18. The molecule has 3 saturated heterocycles. The molecule has 1 amide bonds.